The molecule has 2 aromatic carbocycles. The predicted molar refractivity (Wildman–Crippen MR) is 99.8 cm³/mol. The van der Waals surface area contributed by atoms with Gasteiger partial charge in [0.05, 0.1) is 30.7 Å². The lowest BCUT2D eigenvalue weighted by Gasteiger charge is -2.13. The number of methoxy groups -OCH3 is 2. The monoisotopic (exact) mass is 365 g/mol. The molecule has 0 fully saturated rings. The molecule has 0 atom stereocenters. The number of hydrogen-bond acceptors (Lipinski definition) is 4. The highest BCUT2D eigenvalue weighted by Gasteiger charge is 2.13. The van der Waals surface area contributed by atoms with Crippen molar-refractivity contribution >= 4 is 35.0 Å². The fraction of sp³-hybridized carbons (Fsp3) is 0.278. The molecule has 0 saturated carbocycles. The number of amides is 1. The third-order valence-corrected chi connectivity index (χ3v) is 4.90. The van der Waals surface area contributed by atoms with E-state index in [2.05, 4.69) is 23.5 Å². The van der Waals surface area contributed by atoms with Crippen LogP contribution >= 0.6 is 23.4 Å². The van der Waals surface area contributed by atoms with Gasteiger partial charge >= 0.3 is 0 Å². The SMILES string of the molecule is COc1cc(NC(=O)CSc2cc(C)ccc2C)c(OC)cc1Cl. The highest BCUT2D eigenvalue weighted by atomic mass is 35.5. The lowest BCUT2D eigenvalue weighted by Crippen LogP contribution is -2.15. The molecule has 0 saturated heterocycles. The fourth-order valence-electron chi connectivity index (χ4n) is 2.15. The summed E-state index contributed by atoms with van der Waals surface area (Å²) in [5, 5.41) is 3.27. The minimum Gasteiger partial charge on any atom is -0.495 e. The molecule has 2 rings (SSSR count). The number of aryl methyl sites for hydroxylation is 2. The number of carbonyl (C=O) groups excluding carboxylic acids is 1. The quantitative estimate of drug-likeness (QED) is 0.753. The number of benzene rings is 2. The molecule has 1 amide bonds. The summed E-state index contributed by atoms with van der Waals surface area (Å²) in [5.74, 6) is 1.16. The van der Waals surface area contributed by atoms with Crippen LogP contribution in [0.1, 0.15) is 11.1 Å². The first-order valence-corrected chi connectivity index (χ1v) is 8.72. The van der Waals surface area contributed by atoms with Crippen molar-refractivity contribution in [3.8, 4) is 11.5 Å². The molecule has 128 valence electrons. The maximum atomic E-state index is 12.3. The molecule has 1 N–H and O–H groups in total. The summed E-state index contributed by atoms with van der Waals surface area (Å²) in [4.78, 5) is 13.4. The molecule has 0 bridgehead atoms. The van der Waals surface area contributed by atoms with Crippen molar-refractivity contribution in [1.82, 2.24) is 0 Å². The number of halogens is 1. The molecule has 0 heterocycles. The van der Waals surface area contributed by atoms with Crippen LogP contribution in [0.3, 0.4) is 0 Å². The maximum Gasteiger partial charge on any atom is 0.234 e. The molecule has 0 unspecified atom stereocenters. The minimum absolute atomic E-state index is 0.122. The Morgan fingerprint density at radius 1 is 1.12 bits per heavy atom. The van der Waals surface area contributed by atoms with Crippen molar-refractivity contribution < 1.29 is 14.3 Å². The summed E-state index contributed by atoms with van der Waals surface area (Å²) in [5.41, 5.74) is 2.86. The molecule has 0 spiro atoms. The Balaban J connectivity index is 2.08. The third kappa shape index (κ3) is 4.58. The largest absolute Gasteiger partial charge is 0.495 e. The Bertz CT molecular complexity index is 749. The number of rotatable bonds is 6. The van der Waals surface area contributed by atoms with Crippen LogP contribution in [0.2, 0.25) is 5.02 Å². The molecule has 4 nitrogen and oxygen atoms in total. The standard InChI is InChI=1S/C18H20ClNO3S/c1-11-5-6-12(2)17(7-11)24-10-18(21)20-14-9-15(22-3)13(19)8-16(14)23-4/h5-9H,10H2,1-4H3,(H,20,21). The van der Waals surface area contributed by atoms with Gasteiger partial charge in [-0.3, -0.25) is 4.79 Å². The summed E-state index contributed by atoms with van der Waals surface area (Å²) >= 11 is 7.57. The maximum absolute atomic E-state index is 12.3. The highest BCUT2D eigenvalue weighted by Crippen LogP contribution is 2.36. The van der Waals surface area contributed by atoms with Gasteiger partial charge in [0.25, 0.3) is 0 Å². The first-order valence-electron chi connectivity index (χ1n) is 7.36. The van der Waals surface area contributed by atoms with Crippen molar-refractivity contribution in [2.24, 2.45) is 0 Å². The van der Waals surface area contributed by atoms with Gasteiger partial charge in [-0.15, -0.1) is 11.8 Å². The van der Waals surface area contributed by atoms with E-state index in [1.165, 1.54) is 31.5 Å². The van der Waals surface area contributed by atoms with E-state index in [0.29, 0.717) is 28.0 Å². The van der Waals surface area contributed by atoms with Gasteiger partial charge in [-0.05, 0) is 25.5 Å². The number of thioether (sulfide) groups is 1. The Kier molecular flexibility index (Phi) is 6.40. The Morgan fingerprint density at radius 3 is 2.50 bits per heavy atom. The average molecular weight is 366 g/mol. The second-order valence-corrected chi connectivity index (χ2v) is 6.72. The molecule has 0 radical (unpaired) electrons. The van der Waals surface area contributed by atoms with Crippen LogP contribution in [0.4, 0.5) is 5.69 Å². The van der Waals surface area contributed by atoms with Crippen molar-refractivity contribution in [3.05, 3.63) is 46.5 Å². The normalized spacial score (nSPS) is 10.4. The molecule has 2 aromatic rings. The van der Waals surface area contributed by atoms with Gasteiger partial charge in [-0.2, -0.15) is 0 Å². The van der Waals surface area contributed by atoms with Crippen molar-refractivity contribution in [3.63, 3.8) is 0 Å². The van der Waals surface area contributed by atoms with Gasteiger partial charge in [-0.1, -0.05) is 29.3 Å². The Hall–Kier alpha value is -1.85. The predicted octanol–water partition coefficient (Wildman–Crippen LogP) is 4.70. The van der Waals surface area contributed by atoms with Gasteiger partial charge in [-0.25, -0.2) is 0 Å². The molecule has 0 aliphatic carbocycles. The molecule has 0 aliphatic rings. The molecule has 0 aliphatic heterocycles. The number of anilines is 1. The van der Waals surface area contributed by atoms with E-state index in [1.54, 1.807) is 12.1 Å². The Morgan fingerprint density at radius 2 is 1.83 bits per heavy atom. The number of nitrogens with one attached hydrogen (secondary N) is 1. The van der Waals surface area contributed by atoms with Crippen LogP contribution in [0.15, 0.2) is 35.2 Å². The van der Waals surface area contributed by atoms with E-state index < -0.39 is 0 Å². The molecular formula is C18H20ClNO3S. The van der Waals surface area contributed by atoms with Gasteiger partial charge < -0.3 is 14.8 Å². The topological polar surface area (TPSA) is 47.6 Å². The summed E-state index contributed by atoms with van der Waals surface area (Å²) in [6, 6.07) is 9.47. The summed E-state index contributed by atoms with van der Waals surface area (Å²) in [6.07, 6.45) is 0. The fourth-order valence-corrected chi connectivity index (χ4v) is 3.31. The summed E-state index contributed by atoms with van der Waals surface area (Å²) in [7, 11) is 3.05. The number of hydrogen-bond donors (Lipinski definition) is 1. The molecule has 24 heavy (non-hydrogen) atoms. The van der Waals surface area contributed by atoms with Gasteiger partial charge in [0.15, 0.2) is 0 Å². The second kappa shape index (κ2) is 8.31. The Labute approximate surface area is 151 Å². The van der Waals surface area contributed by atoms with Crippen LogP contribution in [0, 0.1) is 13.8 Å². The molecule has 0 aromatic heterocycles. The highest BCUT2D eigenvalue weighted by molar-refractivity contribution is 8.00. The van der Waals surface area contributed by atoms with E-state index in [4.69, 9.17) is 21.1 Å². The van der Waals surface area contributed by atoms with Crippen LogP contribution < -0.4 is 14.8 Å². The minimum atomic E-state index is -0.122. The summed E-state index contributed by atoms with van der Waals surface area (Å²) in [6.45, 7) is 4.07. The second-order valence-electron chi connectivity index (χ2n) is 5.29. The number of carbonyl (C=O) groups is 1. The van der Waals surface area contributed by atoms with Crippen LogP contribution in [0.5, 0.6) is 11.5 Å². The molecular weight excluding hydrogens is 346 g/mol. The smallest absolute Gasteiger partial charge is 0.234 e. The van der Waals surface area contributed by atoms with Crippen molar-refractivity contribution in [1.29, 1.82) is 0 Å². The van der Waals surface area contributed by atoms with E-state index in [1.807, 2.05) is 13.8 Å². The molecule has 6 heteroatoms. The van der Waals surface area contributed by atoms with Crippen molar-refractivity contribution in [2.45, 2.75) is 18.7 Å². The zero-order valence-electron chi connectivity index (χ0n) is 14.1. The van der Waals surface area contributed by atoms with E-state index >= 15 is 0 Å². The zero-order valence-corrected chi connectivity index (χ0v) is 15.7. The van der Waals surface area contributed by atoms with Gasteiger partial charge in [0, 0.05) is 17.0 Å². The van der Waals surface area contributed by atoms with Gasteiger partial charge in [0.2, 0.25) is 5.91 Å². The first kappa shape index (κ1) is 18.5. The van der Waals surface area contributed by atoms with E-state index in [9.17, 15) is 4.79 Å². The first-order chi connectivity index (χ1) is 11.4. The van der Waals surface area contributed by atoms with Crippen molar-refractivity contribution in [2.75, 3.05) is 25.3 Å². The lowest BCUT2D eigenvalue weighted by molar-refractivity contribution is -0.113. The van der Waals surface area contributed by atoms with Crippen LogP contribution in [-0.4, -0.2) is 25.9 Å². The summed E-state index contributed by atoms with van der Waals surface area (Å²) < 4.78 is 10.4. The van der Waals surface area contributed by atoms with Crippen LogP contribution in [-0.2, 0) is 4.79 Å². The van der Waals surface area contributed by atoms with Crippen LogP contribution in [0.25, 0.3) is 0 Å². The third-order valence-electron chi connectivity index (χ3n) is 3.45. The lowest BCUT2D eigenvalue weighted by atomic mass is 10.2. The number of ether oxygens (including phenoxy) is 2. The van der Waals surface area contributed by atoms with E-state index in [-0.39, 0.29) is 5.91 Å². The zero-order chi connectivity index (χ0) is 17.7. The average Bonchev–Trinajstić information content (AvgIpc) is 2.56. The van der Waals surface area contributed by atoms with E-state index in [0.717, 1.165) is 10.5 Å². The van der Waals surface area contributed by atoms with Gasteiger partial charge in [0.1, 0.15) is 11.5 Å².